The van der Waals surface area contributed by atoms with Crippen LogP contribution in [0.4, 0.5) is 0 Å². The van der Waals surface area contributed by atoms with Gasteiger partial charge in [-0.15, -0.1) is 0 Å². The van der Waals surface area contributed by atoms with Gasteiger partial charge in [0.1, 0.15) is 5.76 Å². The molecule has 0 saturated carbocycles. The molecule has 0 aliphatic heterocycles. The van der Waals surface area contributed by atoms with E-state index in [0.29, 0.717) is 19.4 Å². The Bertz CT molecular complexity index is 530. The van der Waals surface area contributed by atoms with Crippen molar-refractivity contribution in [3.8, 4) is 0 Å². The Morgan fingerprint density at radius 3 is 2.89 bits per heavy atom. The number of amides is 1. The van der Waals surface area contributed by atoms with Gasteiger partial charge in [0.25, 0.3) is 0 Å². The van der Waals surface area contributed by atoms with Gasteiger partial charge in [-0.3, -0.25) is 9.78 Å². The van der Waals surface area contributed by atoms with E-state index >= 15 is 0 Å². The third kappa shape index (κ3) is 3.64. The highest BCUT2D eigenvalue weighted by molar-refractivity contribution is 5.76. The van der Waals surface area contributed by atoms with Crippen LogP contribution >= 0.6 is 0 Å². The molecular formula is C14H17N3O2. The van der Waals surface area contributed by atoms with Crippen LogP contribution in [0.2, 0.25) is 0 Å². The molecule has 2 aromatic rings. The smallest absolute Gasteiger partial charge is 0.220 e. The van der Waals surface area contributed by atoms with Gasteiger partial charge in [-0.25, -0.2) is 0 Å². The molecule has 0 spiro atoms. The molecular weight excluding hydrogens is 242 g/mol. The lowest BCUT2D eigenvalue weighted by Gasteiger charge is -2.04. The van der Waals surface area contributed by atoms with Gasteiger partial charge in [-0.1, -0.05) is 11.2 Å². The summed E-state index contributed by atoms with van der Waals surface area (Å²) in [5, 5.41) is 6.73. The number of nitrogens with zero attached hydrogens (tertiary/aromatic N) is 2. The zero-order valence-corrected chi connectivity index (χ0v) is 11.1. The van der Waals surface area contributed by atoms with Crippen molar-refractivity contribution in [1.82, 2.24) is 15.5 Å². The molecule has 100 valence electrons. The van der Waals surface area contributed by atoms with Gasteiger partial charge in [0.15, 0.2) is 0 Å². The molecule has 0 aliphatic carbocycles. The highest BCUT2D eigenvalue weighted by atomic mass is 16.5. The first-order valence-electron chi connectivity index (χ1n) is 6.24. The summed E-state index contributed by atoms with van der Waals surface area (Å²) in [7, 11) is 0. The number of aromatic nitrogens is 2. The fourth-order valence-corrected chi connectivity index (χ4v) is 1.83. The SMILES string of the molecule is Cc1noc(C)c1CNC(=O)CCc1cccnc1. The summed E-state index contributed by atoms with van der Waals surface area (Å²) in [5.74, 6) is 0.772. The first kappa shape index (κ1) is 13.3. The van der Waals surface area contributed by atoms with Crippen molar-refractivity contribution in [2.24, 2.45) is 0 Å². The lowest BCUT2D eigenvalue weighted by molar-refractivity contribution is -0.121. The average Bonchev–Trinajstić information content (AvgIpc) is 2.75. The molecule has 2 aromatic heterocycles. The first-order valence-corrected chi connectivity index (χ1v) is 6.24. The van der Waals surface area contributed by atoms with E-state index < -0.39 is 0 Å². The summed E-state index contributed by atoms with van der Waals surface area (Å²) < 4.78 is 5.05. The Hall–Kier alpha value is -2.17. The summed E-state index contributed by atoms with van der Waals surface area (Å²) in [6.45, 7) is 4.18. The largest absolute Gasteiger partial charge is 0.361 e. The summed E-state index contributed by atoms with van der Waals surface area (Å²) >= 11 is 0. The number of aryl methyl sites for hydroxylation is 3. The predicted octanol–water partition coefficient (Wildman–Crippen LogP) is 1.94. The van der Waals surface area contributed by atoms with E-state index in [9.17, 15) is 4.79 Å². The highest BCUT2D eigenvalue weighted by Gasteiger charge is 2.10. The molecule has 1 amide bonds. The van der Waals surface area contributed by atoms with Crippen LogP contribution in [0.25, 0.3) is 0 Å². The predicted molar refractivity (Wildman–Crippen MR) is 70.4 cm³/mol. The van der Waals surface area contributed by atoms with E-state index in [-0.39, 0.29) is 5.91 Å². The number of carbonyl (C=O) groups is 1. The van der Waals surface area contributed by atoms with E-state index in [2.05, 4.69) is 15.5 Å². The van der Waals surface area contributed by atoms with Gasteiger partial charge in [-0.05, 0) is 31.9 Å². The summed E-state index contributed by atoms with van der Waals surface area (Å²) in [6, 6.07) is 3.84. The zero-order chi connectivity index (χ0) is 13.7. The molecule has 0 fully saturated rings. The normalized spacial score (nSPS) is 10.4. The van der Waals surface area contributed by atoms with E-state index in [1.807, 2.05) is 26.0 Å². The molecule has 0 aliphatic rings. The summed E-state index contributed by atoms with van der Waals surface area (Å²) in [6.07, 6.45) is 4.65. The van der Waals surface area contributed by atoms with Crippen molar-refractivity contribution in [2.75, 3.05) is 0 Å². The molecule has 19 heavy (non-hydrogen) atoms. The molecule has 5 nitrogen and oxygen atoms in total. The Balaban J connectivity index is 1.79. The second-order valence-electron chi connectivity index (χ2n) is 4.44. The van der Waals surface area contributed by atoms with Crippen molar-refractivity contribution in [3.63, 3.8) is 0 Å². The van der Waals surface area contributed by atoms with Crippen LogP contribution in [0.15, 0.2) is 29.0 Å². The minimum Gasteiger partial charge on any atom is -0.361 e. The van der Waals surface area contributed by atoms with Crippen LogP contribution in [0.5, 0.6) is 0 Å². The van der Waals surface area contributed by atoms with Crippen LogP contribution in [0.3, 0.4) is 0 Å². The Labute approximate surface area is 112 Å². The fraction of sp³-hybridized carbons (Fsp3) is 0.357. The topological polar surface area (TPSA) is 68.0 Å². The van der Waals surface area contributed by atoms with E-state index in [4.69, 9.17) is 4.52 Å². The lowest BCUT2D eigenvalue weighted by Crippen LogP contribution is -2.23. The maximum atomic E-state index is 11.8. The number of nitrogens with one attached hydrogen (secondary N) is 1. The van der Waals surface area contributed by atoms with Crippen molar-refractivity contribution in [3.05, 3.63) is 47.1 Å². The van der Waals surface area contributed by atoms with E-state index in [1.165, 1.54) is 0 Å². The van der Waals surface area contributed by atoms with E-state index in [1.54, 1.807) is 12.4 Å². The second-order valence-corrected chi connectivity index (χ2v) is 4.44. The van der Waals surface area contributed by atoms with Crippen molar-refractivity contribution in [2.45, 2.75) is 33.2 Å². The number of pyridine rings is 1. The monoisotopic (exact) mass is 259 g/mol. The van der Waals surface area contributed by atoms with Crippen LogP contribution < -0.4 is 5.32 Å². The Morgan fingerprint density at radius 1 is 1.42 bits per heavy atom. The summed E-state index contributed by atoms with van der Waals surface area (Å²) in [4.78, 5) is 15.8. The molecule has 0 unspecified atom stereocenters. The van der Waals surface area contributed by atoms with E-state index in [0.717, 1.165) is 22.6 Å². The minimum absolute atomic E-state index is 0.0175. The second kappa shape index (κ2) is 6.13. The van der Waals surface area contributed by atoms with Crippen LogP contribution in [0.1, 0.15) is 29.0 Å². The van der Waals surface area contributed by atoms with Crippen LogP contribution in [-0.4, -0.2) is 16.0 Å². The molecule has 0 aromatic carbocycles. The van der Waals surface area contributed by atoms with Crippen molar-refractivity contribution >= 4 is 5.91 Å². The van der Waals surface area contributed by atoms with Crippen molar-refractivity contribution in [1.29, 1.82) is 0 Å². The maximum absolute atomic E-state index is 11.8. The quantitative estimate of drug-likeness (QED) is 0.891. The molecule has 0 saturated heterocycles. The number of rotatable bonds is 5. The van der Waals surface area contributed by atoms with Gasteiger partial charge < -0.3 is 9.84 Å². The maximum Gasteiger partial charge on any atom is 0.220 e. The molecule has 1 N–H and O–H groups in total. The van der Waals surface area contributed by atoms with Gasteiger partial charge in [-0.2, -0.15) is 0 Å². The third-order valence-corrected chi connectivity index (χ3v) is 3.01. The average molecular weight is 259 g/mol. The van der Waals surface area contributed by atoms with Gasteiger partial charge in [0, 0.05) is 30.9 Å². The highest BCUT2D eigenvalue weighted by Crippen LogP contribution is 2.11. The summed E-state index contributed by atoms with van der Waals surface area (Å²) in [5.41, 5.74) is 2.84. The number of hydrogen-bond donors (Lipinski definition) is 1. The first-order chi connectivity index (χ1) is 9.16. The third-order valence-electron chi connectivity index (χ3n) is 3.01. The standard InChI is InChI=1S/C14H17N3O2/c1-10-13(11(2)19-17-10)9-16-14(18)6-5-12-4-3-7-15-8-12/h3-4,7-8H,5-6,9H2,1-2H3,(H,16,18). The Morgan fingerprint density at radius 2 is 2.26 bits per heavy atom. The Kier molecular flexibility index (Phi) is 4.28. The molecule has 2 heterocycles. The van der Waals surface area contributed by atoms with Crippen LogP contribution in [-0.2, 0) is 17.8 Å². The molecule has 0 radical (unpaired) electrons. The van der Waals surface area contributed by atoms with Gasteiger partial charge in [0.2, 0.25) is 5.91 Å². The molecule has 0 bridgehead atoms. The van der Waals surface area contributed by atoms with Gasteiger partial charge in [0.05, 0.1) is 5.69 Å². The lowest BCUT2D eigenvalue weighted by atomic mass is 10.1. The van der Waals surface area contributed by atoms with Crippen LogP contribution in [0, 0.1) is 13.8 Å². The van der Waals surface area contributed by atoms with Gasteiger partial charge >= 0.3 is 0 Å². The fourth-order valence-electron chi connectivity index (χ4n) is 1.83. The number of carbonyl (C=O) groups excluding carboxylic acids is 1. The molecule has 2 rings (SSSR count). The number of hydrogen-bond acceptors (Lipinski definition) is 4. The van der Waals surface area contributed by atoms with Crippen molar-refractivity contribution < 1.29 is 9.32 Å². The molecule has 5 heteroatoms. The minimum atomic E-state index is 0.0175. The molecule has 0 atom stereocenters. The zero-order valence-electron chi connectivity index (χ0n) is 11.1.